The maximum Gasteiger partial charge on any atom is 0.409 e. The van der Waals surface area contributed by atoms with E-state index in [0.717, 1.165) is 0 Å². The van der Waals surface area contributed by atoms with Crippen molar-refractivity contribution in [3.63, 3.8) is 0 Å². The van der Waals surface area contributed by atoms with E-state index in [-0.39, 0.29) is 40.9 Å². The number of benzene rings is 1. The van der Waals surface area contributed by atoms with Gasteiger partial charge in [0.25, 0.3) is 5.69 Å². The zero-order valence-corrected chi connectivity index (χ0v) is 16.8. The first kappa shape index (κ1) is 21.9. The Bertz CT molecular complexity index is 728. The summed E-state index contributed by atoms with van der Waals surface area (Å²) in [7, 11) is 0. The van der Waals surface area contributed by atoms with Gasteiger partial charge in [-0.2, -0.15) is 0 Å². The Hall–Kier alpha value is -2.39. The largest absolute Gasteiger partial charge is 0.449 e. The fourth-order valence-electron chi connectivity index (χ4n) is 2.80. The van der Waals surface area contributed by atoms with Crippen molar-refractivity contribution in [3.05, 3.63) is 33.3 Å². The lowest BCUT2D eigenvalue weighted by atomic mass is 10.2. The van der Waals surface area contributed by atoms with Crippen molar-refractivity contribution in [2.24, 2.45) is 5.92 Å². The van der Waals surface area contributed by atoms with Crippen molar-refractivity contribution in [2.75, 3.05) is 44.6 Å². The highest BCUT2D eigenvalue weighted by atomic mass is 35.5. The molecule has 9 nitrogen and oxygen atoms in total. The zero-order valence-electron chi connectivity index (χ0n) is 16.0. The highest BCUT2D eigenvalue weighted by Gasteiger charge is 2.23. The smallest absolute Gasteiger partial charge is 0.409 e. The molecule has 2 rings (SSSR count). The number of nitrogens with zero attached hydrogens (tertiary/aromatic N) is 3. The molecule has 154 valence electrons. The Morgan fingerprint density at radius 2 is 2.04 bits per heavy atom. The summed E-state index contributed by atoms with van der Waals surface area (Å²) in [6, 6.07) is 4.09. The van der Waals surface area contributed by atoms with E-state index in [2.05, 4.69) is 5.32 Å². The number of hydrogen-bond acceptors (Lipinski definition) is 6. The molecule has 0 aliphatic carbocycles. The number of nitrogens with one attached hydrogen (secondary N) is 1. The molecule has 0 spiro atoms. The molecular formula is C18H25ClN4O5. The first-order valence-corrected chi connectivity index (χ1v) is 9.52. The summed E-state index contributed by atoms with van der Waals surface area (Å²) in [5, 5.41) is 13.9. The number of ether oxygens (including phenoxy) is 1. The highest BCUT2D eigenvalue weighted by molar-refractivity contribution is 6.31. The number of hydrogen-bond donors (Lipinski definition) is 1. The van der Waals surface area contributed by atoms with Gasteiger partial charge in [0, 0.05) is 37.3 Å². The van der Waals surface area contributed by atoms with Gasteiger partial charge in [-0.1, -0.05) is 25.4 Å². The lowest BCUT2D eigenvalue weighted by molar-refractivity contribution is -0.383. The van der Waals surface area contributed by atoms with Crippen LogP contribution < -0.4 is 5.32 Å². The quantitative estimate of drug-likeness (QED) is 0.568. The second-order valence-electron chi connectivity index (χ2n) is 7.05. The standard InChI is InChI=1S/C18H25ClN4O5/c1-13(2)12-28-18(25)22-7-3-6-21(8-9-22)11-17(24)20-15-5-4-14(19)10-16(15)23(26)27/h4-5,10,13H,3,6-9,11-12H2,1-2H3,(H,20,24). The molecule has 1 saturated heterocycles. The molecule has 2 amide bonds. The summed E-state index contributed by atoms with van der Waals surface area (Å²) < 4.78 is 5.25. The normalized spacial score (nSPS) is 15.2. The predicted molar refractivity (Wildman–Crippen MR) is 106 cm³/mol. The average Bonchev–Trinajstić information content (AvgIpc) is 2.86. The van der Waals surface area contributed by atoms with Crippen molar-refractivity contribution in [3.8, 4) is 0 Å². The molecule has 1 heterocycles. The second kappa shape index (κ2) is 10.2. The maximum absolute atomic E-state index is 12.3. The molecule has 1 aliphatic rings. The molecule has 1 N–H and O–H groups in total. The summed E-state index contributed by atoms with van der Waals surface area (Å²) in [6.45, 7) is 6.60. The number of carbonyl (C=O) groups is 2. The maximum atomic E-state index is 12.3. The minimum absolute atomic E-state index is 0.0780. The molecule has 1 aliphatic heterocycles. The predicted octanol–water partition coefficient (Wildman–Crippen LogP) is 2.99. The first-order valence-electron chi connectivity index (χ1n) is 9.14. The lowest BCUT2D eigenvalue weighted by Gasteiger charge is -2.21. The molecule has 0 radical (unpaired) electrons. The van der Waals surface area contributed by atoms with E-state index in [9.17, 15) is 19.7 Å². The van der Waals surface area contributed by atoms with Gasteiger partial charge in [0.2, 0.25) is 5.91 Å². The number of rotatable bonds is 6. The van der Waals surface area contributed by atoms with Crippen LogP contribution in [0.5, 0.6) is 0 Å². The van der Waals surface area contributed by atoms with Crippen LogP contribution in [0, 0.1) is 16.0 Å². The summed E-state index contributed by atoms with van der Waals surface area (Å²) in [5.41, 5.74) is -0.149. The van der Waals surface area contributed by atoms with Crippen molar-refractivity contribution < 1.29 is 19.2 Å². The van der Waals surface area contributed by atoms with Crippen LogP contribution in [0.25, 0.3) is 0 Å². The molecule has 0 atom stereocenters. The van der Waals surface area contributed by atoms with Gasteiger partial charge in [-0.05, 0) is 24.5 Å². The Balaban J connectivity index is 1.88. The van der Waals surface area contributed by atoms with Gasteiger partial charge >= 0.3 is 6.09 Å². The third-order valence-electron chi connectivity index (χ3n) is 4.18. The van der Waals surface area contributed by atoms with Crippen LogP contribution in [-0.2, 0) is 9.53 Å². The van der Waals surface area contributed by atoms with Gasteiger partial charge in [-0.15, -0.1) is 0 Å². The topological polar surface area (TPSA) is 105 Å². The number of nitro benzene ring substituents is 1. The SMILES string of the molecule is CC(C)COC(=O)N1CCCN(CC(=O)Nc2ccc(Cl)cc2[N+](=O)[O-])CC1. The van der Waals surface area contributed by atoms with Crippen LogP contribution in [0.2, 0.25) is 5.02 Å². The van der Waals surface area contributed by atoms with Gasteiger partial charge in [-0.3, -0.25) is 19.8 Å². The number of amides is 2. The van der Waals surface area contributed by atoms with Crippen molar-refractivity contribution in [1.29, 1.82) is 0 Å². The minimum atomic E-state index is -0.589. The summed E-state index contributed by atoms with van der Waals surface area (Å²) in [6.07, 6.45) is 0.377. The van der Waals surface area contributed by atoms with Crippen molar-refractivity contribution in [2.45, 2.75) is 20.3 Å². The van der Waals surface area contributed by atoms with Gasteiger partial charge < -0.3 is 15.0 Å². The van der Waals surface area contributed by atoms with E-state index >= 15 is 0 Å². The Labute approximate surface area is 168 Å². The van der Waals surface area contributed by atoms with Crippen LogP contribution in [0.15, 0.2) is 18.2 Å². The first-order chi connectivity index (χ1) is 13.3. The fraction of sp³-hybridized carbons (Fsp3) is 0.556. The highest BCUT2D eigenvalue weighted by Crippen LogP contribution is 2.27. The molecule has 0 bridgehead atoms. The molecule has 1 aromatic carbocycles. The van der Waals surface area contributed by atoms with Crippen molar-refractivity contribution >= 4 is 35.0 Å². The van der Waals surface area contributed by atoms with Crippen molar-refractivity contribution in [1.82, 2.24) is 9.80 Å². The molecule has 0 aromatic heterocycles. The zero-order chi connectivity index (χ0) is 20.7. The molecular weight excluding hydrogens is 388 g/mol. The van der Waals surface area contributed by atoms with E-state index in [1.807, 2.05) is 18.7 Å². The number of anilines is 1. The van der Waals surface area contributed by atoms with Gasteiger partial charge in [0.1, 0.15) is 5.69 Å². The van der Waals surface area contributed by atoms with Crippen LogP contribution >= 0.6 is 11.6 Å². The van der Waals surface area contributed by atoms with E-state index in [1.165, 1.54) is 18.2 Å². The summed E-state index contributed by atoms with van der Waals surface area (Å²) >= 11 is 5.78. The molecule has 0 saturated carbocycles. The molecule has 0 unspecified atom stereocenters. The molecule has 1 fully saturated rings. The second-order valence-corrected chi connectivity index (χ2v) is 7.49. The number of nitro groups is 1. The van der Waals surface area contributed by atoms with E-state index in [0.29, 0.717) is 39.2 Å². The lowest BCUT2D eigenvalue weighted by Crippen LogP contribution is -2.38. The third kappa shape index (κ3) is 6.65. The summed E-state index contributed by atoms with van der Waals surface area (Å²) in [4.78, 5) is 38.5. The Morgan fingerprint density at radius 1 is 1.29 bits per heavy atom. The van der Waals surface area contributed by atoms with Gasteiger partial charge in [-0.25, -0.2) is 4.79 Å². The molecule has 28 heavy (non-hydrogen) atoms. The van der Waals surface area contributed by atoms with Crippen LogP contribution in [0.4, 0.5) is 16.2 Å². The molecule has 10 heteroatoms. The number of carbonyl (C=O) groups excluding carboxylic acids is 2. The Morgan fingerprint density at radius 3 is 2.71 bits per heavy atom. The average molecular weight is 413 g/mol. The van der Waals surface area contributed by atoms with E-state index in [1.54, 1.807) is 4.90 Å². The Kier molecular flexibility index (Phi) is 8.01. The minimum Gasteiger partial charge on any atom is -0.449 e. The number of halogens is 1. The van der Waals surface area contributed by atoms with Crippen LogP contribution in [-0.4, -0.2) is 66.1 Å². The third-order valence-corrected chi connectivity index (χ3v) is 4.42. The molecule has 1 aromatic rings. The fourth-order valence-corrected chi connectivity index (χ4v) is 2.96. The van der Waals surface area contributed by atoms with Crippen LogP contribution in [0.3, 0.4) is 0 Å². The van der Waals surface area contributed by atoms with E-state index < -0.39 is 4.92 Å². The monoisotopic (exact) mass is 412 g/mol. The van der Waals surface area contributed by atoms with E-state index in [4.69, 9.17) is 16.3 Å². The summed E-state index contributed by atoms with van der Waals surface area (Å²) in [5.74, 6) is -0.0886. The van der Waals surface area contributed by atoms with Gasteiger partial charge in [0.05, 0.1) is 18.1 Å². The van der Waals surface area contributed by atoms with Crippen LogP contribution in [0.1, 0.15) is 20.3 Å². The van der Waals surface area contributed by atoms with Gasteiger partial charge in [0.15, 0.2) is 0 Å².